The van der Waals surface area contributed by atoms with Gasteiger partial charge in [0.05, 0.1) is 6.20 Å². The van der Waals surface area contributed by atoms with Crippen LogP contribution in [0.3, 0.4) is 0 Å². The summed E-state index contributed by atoms with van der Waals surface area (Å²) in [5.74, 6) is 0. The first-order chi connectivity index (χ1) is 8.40. The van der Waals surface area contributed by atoms with E-state index >= 15 is 0 Å². The summed E-state index contributed by atoms with van der Waals surface area (Å²) in [5, 5.41) is 6.53. The average Bonchev–Trinajstić information content (AvgIpc) is 2.82. The van der Waals surface area contributed by atoms with Crippen molar-refractivity contribution in [2.45, 2.75) is 24.6 Å². The van der Waals surface area contributed by atoms with Gasteiger partial charge in [-0.1, -0.05) is 11.3 Å². The summed E-state index contributed by atoms with van der Waals surface area (Å²) in [5.41, 5.74) is 1.91. The number of thiazole rings is 1. The van der Waals surface area contributed by atoms with Crippen LogP contribution in [-0.4, -0.2) is 23.6 Å². The van der Waals surface area contributed by atoms with Crippen LogP contribution in [0.15, 0.2) is 15.2 Å². The quantitative estimate of drug-likeness (QED) is 0.749. The summed E-state index contributed by atoms with van der Waals surface area (Å²) >= 11 is 0.678. The fourth-order valence-corrected chi connectivity index (χ4v) is 3.79. The Labute approximate surface area is 107 Å². The molecule has 2 aromatic rings. The predicted molar refractivity (Wildman–Crippen MR) is 67.0 cm³/mol. The van der Waals surface area contributed by atoms with Gasteiger partial charge in [-0.15, -0.1) is 0 Å². The van der Waals surface area contributed by atoms with Crippen LogP contribution in [0, 0.1) is 13.8 Å². The Morgan fingerprint density at radius 2 is 2.11 bits per heavy atom. The molecular formula is C9H12N4O3S2. The maximum atomic E-state index is 12.0. The van der Waals surface area contributed by atoms with E-state index in [0.29, 0.717) is 17.0 Å². The van der Waals surface area contributed by atoms with E-state index in [-0.39, 0.29) is 15.6 Å². The largest absolute Gasteiger partial charge is 0.315 e. The minimum atomic E-state index is -3.67. The average molecular weight is 288 g/mol. The number of hydrogen-bond acceptors (Lipinski definition) is 5. The molecule has 0 unspecified atom stereocenters. The Kier molecular flexibility index (Phi) is 3.37. The highest BCUT2D eigenvalue weighted by Gasteiger charge is 2.20. The third kappa shape index (κ3) is 2.52. The Morgan fingerprint density at radius 3 is 2.61 bits per heavy atom. The lowest BCUT2D eigenvalue weighted by molar-refractivity contribution is 0.582. The van der Waals surface area contributed by atoms with Gasteiger partial charge in [-0.3, -0.25) is 9.89 Å². The molecule has 0 spiro atoms. The third-order valence-corrected chi connectivity index (χ3v) is 5.42. The first-order valence-electron chi connectivity index (χ1n) is 5.08. The first kappa shape index (κ1) is 13.0. The lowest BCUT2D eigenvalue weighted by atomic mass is 10.3. The van der Waals surface area contributed by atoms with Gasteiger partial charge in [0.15, 0.2) is 4.21 Å². The van der Waals surface area contributed by atoms with E-state index < -0.39 is 10.0 Å². The van der Waals surface area contributed by atoms with Gasteiger partial charge in [0, 0.05) is 23.5 Å². The van der Waals surface area contributed by atoms with E-state index in [1.54, 1.807) is 20.0 Å². The topological polar surface area (TPSA) is 108 Å². The second-order valence-corrected chi connectivity index (χ2v) is 6.72. The van der Waals surface area contributed by atoms with E-state index in [0.717, 1.165) is 11.3 Å². The number of nitrogens with zero attached hydrogens (tertiary/aromatic N) is 1. The zero-order valence-electron chi connectivity index (χ0n) is 9.77. The molecule has 0 fully saturated rings. The fraction of sp³-hybridized carbons (Fsp3) is 0.333. The molecule has 0 amide bonds. The van der Waals surface area contributed by atoms with Crippen molar-refractivity contribution in [3.05, 3.63) is 32.8 Å². The van der Waals surface area contributed by atoms with Crippen LogP contribution in [0.1, 0.15) is 17.0 Å². The van der Waals surface area contributed by atoms with E-state index in [2.05, 4.69) is 19.9 Å². The normalized spacial score (nSPS) is 11.9. The van der Waals surface area contributed by atoms with Crippen LogP contribution in [0.2, 0.25) is 0 Å². The maximum Gasteiger partial charge on any atom is 0.305 e. The number of rotatable bonds is 4. The van der Waals surface area contributed by atoms with E-state index in [9.17, 15) is 13.2 Å². The van der Waals surface area contributed by atoms with Crippen molar-refractivity contribution < 1.29 is 8.42 Å². The standard InChI is InChI=1S/C9H12N4O3S2/c1-5-7(3-10-13-5)4-11-18(15,16)8-6(2)12-9(14)17-8/h3,11H,4H2,1-2H3,(H,10,13)(H,12,14). The van der Waals surface area contributed by atoms with Gasteiger partial charge < -0.3 is 4.98 Å². The van der Waals surface area contributed by atoms with Gasteiger partial charge >= 0.3 is 4.87 Å². The molecule has 0 aliphatic rings. The smallest absolute Gasteiger partial charge is 0.305 e. The summed E-state index contributed by atoms with van der Waals surface area (Å²) < 4.78 is 26.4. The minimum Gasteiger partial charge on any atom is -0.315 e. The molecule has 0 radical (unpaired) electrons. The van der Waals surface area contributed by atoms with Gasteiger partial charge in [0.25, 0.3) is 10.0 Å². The van der Waals surface area contributed by atoms with Crippen molar-refractivity contribution in [1.29, 1.82) is 0 Å². The Hall–Kier alpha value is -1.45. The summed E-state index contributed by atoms with van der Waals surface area (Å²) in [7, 11) is -3.67. The van der Waals surface area contributed by atoms with Crippen molar-refractivity contribution in [1.82, 2.24) is 19.9 Å². The SMILES string of the molecule is Cc1[nH]ncc1CNS(=O)(=O)c1sc(=O)[nH]c1C. The van der Waals surface area contributed by atoms with E-state index in [4.69, 9.17) is 0 Å². The molecule has 0 saturated carbocycles. The van der Waals surface area contributed by atoms with Gasteiger partial charge in [-0.2, -0.15) is 5.10 Å². The molecule has 0 bridgehead atoms. The molecule has 2 aromatic heterocycles. The predicted octanol–water partition coefficient (Wildman–Crippen LogP) is 0.255. The highest BCUT2D eigenvalue weighted by Crippen LogP contribution is 2.16. The molecule has 2 rings (SSSR count). The van der Waals surface area contributed by atoms with Crippen molar-refractivity contribution in [3.63, 3.8) is 0 Å². The summed E-state index contributed by atoms with van der Waals surface area (Å²) in [4.78, 5) is 13.2. The number of H-pyrrole nitrogens is 2. The molecule has 0 atom stereocenters. The lowest BCUT2D eigenvalue weighted by Crippen LogP contribution is -2.23. The first-order valence-corrected chi connectivity index (χ1v) is 7.38. The molecule has 2 heterocycles. The Balaban J connectivity index is 2.21. The third-order valence-electron chi connectivity index (χ3n) is 2.41. The van der Waals surface area contributed by atoms with Gasteiger partial charge in [0.2, 0.25) is 0 Å². The molecule has 9 heteroatoms. The molecule has 18 heavy (non-hydrogen) atoms. The molecule has 98 valence electrons. The number of sulfonamides is 1. The molecule has 0 saturated heterocycles. The van der Waals surface area contributed by atoms with E-state index in [1.807, 2.05) is 0 Å². The molecule has 0 aliphatic heterocycles. The van der Waals surface area contributed by atoms with Gasteiger partial charge in [-0.25, -0.2) is 13.1 Å². The second kappa shape index (κ2) is 4.67. The van der Waals surface area contributed by atoms with Crippen LogP contribution in [0.5, 0.6) is 0 Å². The maximum absolute atomic E-state index is 12.0. The van der Waals surface area contributed by atoms with Crippen molar-refractivity contribution in [2.75, 3.05) is 0 Å². The molecular weight excluding hydrogens is 276 g/mol. The van der Waals surface area contributed by atoms with Crippen LogP contribution >= 0.6 is 11.3 Å². The fourth-order valence-electron chi connectivity index (χ4n) is 1.44. The van der Waals surface area contributed by atoms with Crippen molar-refractivity contribution in [2.24, 2.45) is 0 Å². The second-order valence-electron chi connectivity index (χ2n) is 3.77. The molecule has 3 N–H and O–H groups in total. The molecule has 7 nitrogen and oxygen atoms in total. The zero-order valence-corrected chi connectivity index (χ0v) is 11.4. The Bertz CT molecular complexity index is 710. The number of hydrogen-bond donors (Lipinski definition) is 3. The van der Waals surface area contributed by atoms with Gasteiger partial charge in [0.1, 0.15) is 0 Å². The highest BCUT2D eigenvalue weighted by atomic mass is 32.2. The zero-order chi connectivity index (χ0) is 13.3. The molecule has 0 aliphatic carbocycles. The number of aryl methyl sites for hydroxylation is 2. The summed E-state index contributed by atoms with van der Waals surface area (Å²) in [6.45, 7) is 3.49. The van der Waals surface area contributed by atoms with Crippen LogP contribution < -0.4 is 9.60 Å². The number of aromatic nitrogens is 3. The lowest BCUT2D eigenvalue weighted by Gasteiger charge is -2.04. The van der Waals surface area contributed by atoms with Crippen molar-refractivity contribution in [3.8, 4) is 0 Å². The summed E-state index contributed by atoms with van der Waals surface area (Å²) in [6, 6.07) is 0. The summed E-state index contributed by atoms with van der Waals surface area (Å²) in [6.07, 6.45) is 1.56. The highest BCUT2D eigenvalue weighted by molar-refractivity contribution is 7.91. The van der Waals surface area contributed by atoms with Gasteiger partial charge in [-0.05, 0) is 13.8 Å². The van der Waals surface area contributed by atoms with Crippen LogP contribution in [-0.2, 0) is 16.6 Å². The Morgan fingerprint density at radius 1 is 1.39 bits per heavy atom. The van der Waals surface area contributed by atoms with Crippen LogP contribution in [0.4, 0.5) is 0 Å². The van der Waals surface area contributed by atoms with E-state index in [1.165, 1.54) is 0 Å². The van der Waals surface area contributed by atoms with Crippen LogP contribution in [0.25, 0.3) is 0 Å². The van der Waals surface area contributed by atoms with Crippen molar-refractivity contribution >= 4 is 21.4 Å². The monoisotopic (exact) mass is 288 g/mol. The number of nitrogens with one attached hydrogen (secondary N) is 3. The molecule has 0 aromatic carbocycles. The number of aromatic amines is 2. The minimum absolute atomic E-state index is 0.0219.